The Morgan fingerprint density at radius 2 is 2.17 bits per heavy atom. The van der Waals surface area contributed by atoms with Gasteiger partial charge in [-0.15, -0.1) is 23.0 Å². The van der Waals surface area contributed by atoms with Gasteiger partial charge in [-0.1, -0.05) is 29.5 Å². The van der Waals surface area contributed by atoms with Crippen LogP contribution in [0.2, 0.25) is 0 Å². The third kappa shape index (κ3) is 1.84. The van der Waals surface area contributed by atoms with E-state index >= 15 is 0 Å². The highest BCUT2D eigenvalue weighted by Crippen LogP contribution is 2.28. The van der Waals surface area contributed by atoms with Gasteiger partial charge in [-0.05, 0) is 30.0 Å². The molecule has 3 nitrogen and oxygen atoms in total. The predicted octanol–water partition coefficient (Wildman–Crippen LogP) is 3.66. The van der Waals surface area contributed by atoms with Crippen molar-refractivity contribution in [2.24, 2.45) is 0 Å². The predicted molar refractivity (Wildman–Crippen MR) is 74.8 cm³/mol. The normalized spacial score (nSPS) is 12.7. The minimum absolute atomic E-state index is 0.190. The molecule has 0 aliphatic carbocycles. The third-order valence-corrected chi connectivity index (χ3v) is 3.91. The summed E-state index contributed by atoms with van der Waals surface area (Å²) in [6, 6.07) is 12.4. The van der Waals surface area contributed by atoms with Crippen LogP contribution in [0.3, 0.4) is 0 Å². The highest BCUT2D eigenvalue weighted by Gasteiger charge is 2.17. The molecule has 3 aromatic rings. The van der Waals surface area contributed by atoms with Gasteiger partial charge in [0, 0.05) is 4.88 Å². The molecule has 4 heteroatoms. The molecule has 0 fully saturated rings. The zero-order chi connectivity index (χ0) is 12.4. The van der Waals surface area contributed by atoms with Crippen molar-refractivity contribution >= 4 is 22.4 Å². The van der Waals surface area contributed by atoms with E-state index < -0.39 is 0 Å². The van der Waals surface area contributed by atoms with Crippen molar-refractivity contribution in [2.45, 2.75) is 12.5 Å². The van der Waals surface area contributed by atoms with Crippen molar-refractivity contribution in [3.63, 3.8) is 0 Å². The van der Waals surface area contributed by atoms with Gasteiger partial charge in [0.1, 0.15) is 5.52 Å². The van der Waals surface area contributed by atoms with Gasteiger partial charge in [0.25, 0.3) is 0 Å². The number of allylic oxidation sites excluding steroid dienone is 1. The fourth-order valence-corrected chi connectivity index (χ4v) is 2.92. The SMILES string of the molecule is C=CCC(c1cccs1)n1nnc2ccccc21. The van der Waals surface area contributed by atoms with Crippen molar-refractivity contribution < 1.29 is 0 Å². The Bertz CT molecular complexity index is 655. The summed E-state index contributed by atoms with van der Waals surface area (Å²) >= 11 is 1.74. The molecule has 0 saturated carbocycles. The number of hydrogen-bond donors (Lipinski definition) is 0. The Morgan fingerprint density at radius 1 is 1.28 bits per heavy atom. The van der Waals surface area contributed by atoms with Crippen molar-refractivity contribution in [2.75, 3.05) is 0 Å². The van der Waals surface area contributed by atoms with Crippen LogP contribution in [0.25, 0.3) is 11.0 Å². The van der Waals surface area contributed by atoms with Crippen LogP contribution >= 0.6 is 11.3 Å². The summed E-state index contributed by atoms with van der Waals surface area (Å²) in [6.07, 6.45) is 2.79. The van der Waals surface area contributed by atoms with Gasteiger partial charge in [0.05, 0.1) is 11.6 Å². The summed E-state index contributed by atoms with van der Waals surface area (Å²) < 4.78 is 1.99. The lowest BCUT2D eigenvalue weighted by atomic mass is 10.1. The van der Waals surface area contributed by atoms with Crippen LogP contribution < -0.4 is 0 Å². The van der Waals surface area contributed by atoms with E-state index in [1.807, 2.05) is 29.0 Å². The van der Waals surface area contributed by atoms with E-state index in [0.29, 0.717) is 0 Å². The summed E-state index contributed by atoms with van der Waals surface area (Å²) in [5.41, 5.74) is 2.00. The molecule has 0 aliphatic rings. The Morgan fingerprint density at radius 3 is 2.94 bits per heavy atom. The molecule has 90 valence electrons. The van der Waals surface area contributed by atoms with Crippen LogP contribution in [-0.4, -0.2) is 15.0 Å². The Hall–Kier alpha value is -1.94. The molecule has 2 aromatic heterocycles. The summed E-state index contributed by atoms with van der Waals surface area (Å²) in [6.45, 7) is 3.84. The van der Waals surface area contributed by atoms with Gasteiger partial charge in [-0.25, -0.2) is 4.68 Å². The molecular formula is C14H13N3S. The van der Waals surface area contributed by atoms with E-state index in [1.165, 1.54) is 4.88 Å². The molecule has 0 aliphatic heterocycles. The van der Waals surface area contributed by atoms with E-state index in [-0.39, 0.29) is 6.04 Å². The molecule has 1 aromatic carbocycles. The maximum absolute atomic E-state index is 4.30. The molecule has 0 radical (unpaired) electrons. The van der Waals surface area contributed by atoms with Gasteiger partial charge in [-0.3, -0.25) is 0 Å². The molecule has 2 heterocycles. The van der Waals surface area contributed by atoms with Gasteiger partial charge in [0.15, 0.2) is 0 Å². The number of thiophene rings is 1. The van der Waals surface area contributed by atoms with E-state index in [0.717, 1.165) is 17.5 Å². The third-order valence-electron chi connectivity index (χ3n) is 2.93. The Kier molecular flexibility index (Phi) is 2.94. The van der Waals surface area contributed by atoms with Crippen molar-refractivity contribution in [1.82, 2.24) is 15.0 Å². The molecule has 18 heavy (non-hydrogen) atoms. The maximum Gasteiger partial charge on any atom is 0.113 e. The van der Waals surface area contributed by atoms with Crippen molar-refractivity contribution in [3.05, 3.63) is 59.3 Å². The first-order valence-corrected chi connectivity index (χ1v) is 6.72. The Labute approximate surface area is 109 Å². The van der Waals surface area contributed by atoms with Gasteiger partial charge in [-0.2, -0.15) is 0 Å². The number of benzene rings is 1. The van der Waals surface area contributed by atoms with Gasteiger partial charge in [0.2, 0.25) is 0 Å². The molecule has 1 unspecified atom stereocenters. The highest BCUT2D eigenvalue weighted by molar-refractivity contribution is 7.10. The number of para-hydroxylation sites is 1. The fourth-order valence-electron chi connectivity index (χ4n) is 2.09. The first-order chi connectivity index (χ1) is 8.90. The molecule has 0 amide bonds. The molecular weight excluding hydrogens is 242 g/mol. The quantitative estimate of drug-likeness (QED) is 0.666. The number of nitrogens with zero attached hydrogens (tertiary/aromatic N) is 3. The highest BCUT2D eigenvalue weighted by atomic mass is 32.1. The average Bonchev–Trinajstić information content (AvgIpc) is 3.06. The van der Waals surface area contributed by atoms with Crippen LogP contribution in [0.5, 0.6) is 0 Å². The van der Waals surface area contributed by atoms with Crippen LogP contribution in [0.1, 0.15) is 17.3 Å². The van der Waals surface area contributed by atoms with E-state index in [4.69, 9.17) is 0 Å². The summed E-state index contributed by atoms with van der Waals surface area (Å²) in [5, 5.41) is 10.6. The second-order valence-corrected chi connectivity index (χ2v) is 5.06. The topological polar surface area (TPSA) is 30.7 Å². The van der Waals surface area contributed by atoms with Gasteiger partial charge < -0.3 is 0 Å². The lowest BCUT2D eigenvalue weighted by Gasteiger charge is -2.14. The van der Waals surface area contributed by atoms with Crippen molar-refractivity contribution in [3.8, 4) is 0 Å². The smallest absolute Gasteiger partial charge is 0.113 e. The van der Waals surface area contributed by atoms with Crippen LogP contribution in [0.15, 0.2) is 54.4 Å². The lowest BCUT2D eigenvalue weighted by Crippen LogP contribution is -2.10. The molecule has 0 saturated heterocycles. The largest absolute Gasteiger partial charge is 0.236 e. The first kappa shape index (κ1) is 11.2. The Balaban J connectivity index is 2.12. The maximum atomic E-state index is 4.30. The molecule has 3 rings (SSSR count). The monoisotopic (exact) mass is 255 g/mol. The van der Waals surface area contributed by atoms with Crippen LogP contribution in [0.4, 0.5) is 0 Å². The number of hydrogen-bond acceptors (Lipinski definition) is 3. The van der Waals surface area contributed by atoms with Gasteiger partial charge >= 0.3 is 0 Å². The first-order valence-electron chi connectivity index (χ1n) is 5.84. The molecule has 0 spiro atoms. The molecule has 0 N–H and O–H groups in total. The summed E-state index contributed by atoms with van der Waals surface area (Å²) in [5.74, 6) is 0. The van der Waals surface area contributed by atoms with Crippen LogP contribution in [0, 0.1) is 0 Å². The second-order valence-electron chi connectivity index (χ2n) is 4.08. The number of rotatable bonds is 4. The fraction of sp³-hybridized carbons (Fsp3) is 0.143. The summed E-state index contributed by atoms with van der Waals surface area (Å²) in [4.78, 5) is 1.28. The van der Waals surface area contributed by atoms with E-state index in [2.05, 4.69) is 40.5 Å². The second kappa shape index (κ2) is 4.74. The molecule has 0 bridgehead atoms. The summed E-state index contributed by atoms with van der Waals surface area (Å²) in [7, 11) is 0. The average molecular weight is 255 g/mol. The van der Waals surface area contributed by atoms with Crippen LogP contribution in [-0.2, 0) is 0 Å². The number of fused-ring (bicyclic) bond motifs is 1. The lowest BCUT2D eigenvalue weighted by molar-refractivity contribution is 0.534. The zero-order valence-corrected chi connectivity index (χ0v) is 10.7. The number of aromatic nitrogens is 3. The van der Waals surface area contributed by atoms with E-state index in [1.54, 1.807) is 11.3 Å². The van der Waals surface area contributed by atoms with E-state index in [9.17, 15) is 0 Å². The zero-order valence-electron chi connectivity index (χ0n) is 9.86. The minimum atomic E-state index is 0.190. The minimum Gasteiger partial charge on any atom is -0.236 e. The van der Waals surface area contributed by atoms with Crippen molar-refractivity contribution in [1.29, 1.82) is 0 Å². The molecule has 1 atom stereocenters. The standard InChI is InChI=1S/C14H13N3S/c1-2-6-13(14-9-5-10-18-14)17-12-8-4-3-7-11(12)15-16-17/h2-5,7-10,13H,1,6H2.